The maximum atomic E-state index is 11.3. The summed E-state index contributed by atoms with van der Waals surface area (Å²) in [5.74, 6) is 1.88. The van der Waals surface area contributed by atoms with E-state index in [4.69, 9.17) is 0 Å². The van der Waals surface area contributed by atoms with Gasteiger partial charge in [-0.25, -0.2) is 9.97 Å². The van der Waals surface area contributed by atoms with E-state index >= 15 is 0 Å². The Balaban J connectivity index is 1.72. The topological polar surface area (TPSA) is 61.4 Å². The van der Waals surface area contributed by atoms with Crippen LogP contribution >= 0.6 is 11.3 Å². The Bertz CT molecular complexity index is 648. The first-order valence-corrected chi connectivity index (χ1v) is 7.95. The Morgan fingerprint density at radius 1 is 1.33 bits per heavy atom. The molecule has 1 aliphatic heterocycles. The fourth-order valence-electron chi connectivity index (χ4n) is 2.58. The number of nitrogens with zero attached hydrogens (tertiary/aromatic N) is 4. The van der Waals surface area contributed by atoms with Gasteiger partial charge in [0, 0.05) is 40.2 Å². The zero-order valence-corrected chi connectivity index (χ0v) is 13.1. The number of amides is 1. The molecule has 0 saturated carbocycles. The van der Waals surface area contributed by atoms with Gasteiger partial charge in [-0.1, -0.05) is 0 Å². The molecule has 1 N–H and O–H groups in total. The molecular formula is C14H19N5OS. The van der Waals surface area contributed by atoms with Crippen LogP contribution in [0.4, 0.5) is 5.82 Å². The van der Waals surface area contributed by atoms with Crippen molar-refractivity contribution in [3.05, 3.63) is 17.3 Å². The van der Waals surface area contributed by atoms with Gasteiger partial charge in [-0.3, -0.25) is 9.69 Å². The summed E-state index contributed by atoms with van der Waals surface area (Å²) in [7, 11) is 1.88. The molecule has 1 fully saturated rings. The molecule has 0 radical (unpaired) electrons. The van der Waals surface area contributed by atoms with E-state index in [0.717, 1.165) is 54.6 Å². The zero-order valence-electron chi connectivity index (χ0n) is 12.3. The second kappa shape index (κ2) is 5.95. The molecule has 2 aromatic heterocycles. The van der Waals surface area contributed by atoms with Gasteiger partial charge in [0.2, 0.25) is 5.91 Å². The van der Waals surface area contributed by atoms with E-state index in [9.17, 15) is 4.79 Å². The summed E-state index contributed by atoms with van der Waals surface area (Å²) in [6, 6.07) is 2.04. The molecule has 1 aliphatic rings. The van der Waals surface area contributed by atoms with Crippen molar-refractivity contribution in [1.29, 1.82) is 0 Å². The maximum Gasteiger partial charge on any atom is 0.219 e. The lowest BCUT2D eigenvalue weighted by atomic mass is 10.3. The number of fused-ring (bicyclic) bond motifs is 1. The number of aromatic nitrogens is 2. The lowest BCUT2D eigenvalue weighted by Gasteiger charge is -2.33. The highest BCUT2D eigenvalue weighted by molar-refractivity contribution is 7.16. The molecule has 0 aliphatic carbocycles. The molecule has 0 spiro atoms. The van der Waals surface area contributed by atoms with Crippen LogP contribution in [0.5, 0.6) is 0 Å². The molecule has 112 valence electrons. The zero-order chi connectivity index (χ0) is 14.8. The lowest BCUT2D eigenvalue weighted by Crippen LogP contribution is -2.47. The quantitative estimate of drug-likeness (QED) is 0.929. The minimum absolute atomic E-state index is 0.156. The number of hydrogen-bond donors (Lipinski definition) is 1. The van der Waals surface area contributed by atoms with Crippen molar-refractivity contribution in [1.82, 2.24) is 19.8 Å². The fraction of sp³-hybridized carbons (Fsp3) is 0.500. The highest BCUT2D eigenvalue weighted by Gasteiger charge is 2.19. The van der Waals surface area contributed by atoms with Crippen LogP contribution in [0.2, 0.25) is 0 Å². The predicted molar refractivity (Wildman–Crippen MR) is 84.5 cm³/mol. The molecule has 2 aromatic rings. The molecule has 0 atom stereocenters. The summed E-state index contributed by atoms with van der Waals surface area (Å²) in [5, 5.41) is 6.25. The highest BCUT2D eigenvalue weighted by Crippen LogP contribution is 2.25. The number of carbonyl (C=O) groups excluding carboxylic acids is 1. The average Bonchev–Trinajstić information content (AvgIpc) is 2.95. The molecule has 7 heteroatoms. The molecule has 6 nitrogen and oxygen atoms in total. The standard InChI is InChI=1S/C14H19N5OS/c1-10(20)19-6-4-18(5-7-19)9-12-16-13(15-2)11-3-8-21-14(11)17-12/h3,8H,4-7,9H2,1-2H3,(H,15,16,17). The molecular weight excluding hydrogens is 286 g/mol. The van der Waals surface area contributed by atoms with Crippen molar-refractivity contribution in [2.75, 3.05) is 38.5 Å². The van der Waals surface area contributed by atoms with Crippen LogP contribution in [0.3, 0.4) is 0 Å². The van der Waals surface area contributed by atoms with E-state index in [-0.39, 0.29) is 5.91 Å². The molecule has 21 heavy (non-hydrogen) atoms. The van der Waals surface area contributed by atoms with Crippen LogP contribution in [0, 0.1) is 0 Å². The summed E-state index contributed by atoms with van der Waals surface area (Å²) < 4.78 is 0. The van der Waals surface area contributed by atoms with E-state index in [1.165, 1.54) is 0 Å². The van der Waals surface area contributed by atoms with Gasteiger partial charge in [0.05, 0.1) is 11.9 Å². The average molecular weight is 305 g/mol. The summed E-state index contributed by atoms with van der Waals surface area (Å²) in [5.41, 5.74) is 0. The summed E-state index contributed by atoms with van der Waals surface area (Å²) in [6.07, 6.45) is 0. The third kappa shape index (κ3) is 2.98. The van der Waals surface area contributed by atoms with Crippen LogP contribution < -0.4 is 5.32 Å². The summed E-state index contributed by atoms with van der Waals surface area (Å²) >= 11 is 1.63. The lowest BCUT2D eigenvalue weighted by molar-refractivity contribution is -0.130. The van der Waals surface area contributed by atoms with Crippen molar-refractivity contribution >= 4 is 33.3 Å². The minimum atomic E-state index is 0.156. The predicted octanol–water partition coefficient (Wildman–Crippen LogP) is 1.40. The number of anilines is 1. The van der Waals surface area contributed by atoms with Crippen LogP contribution in [0.1, 0.15) is 12.7 Å². The third-order valence-electron chi connectivity index (χ3n) is 3.79. The van der Waals surface area contributed by atoms with E-state index in [0.29, 0.717) is 0 Å². The Labute approximate surface area is 127 Å². The van der Waals surface area contributed by atoms with Crippen LogP contribution in [0.25, 0.3) is 10.2 Å². The molecule has 3 heterocycles. The second-order valence-electron chi connectivity index (χ2n) is 5.16. The first kappa shape index (κ1) is 14.2. The summed E-state index contributed by atoms with van der Waals surface area (Å²) in [6.45, 7) is 5.68. The van der Waals surface area contributed by atoms with Gasteiger partial charge >= 0.3 is 0 Å². The normalized spacial score (nSPS) is 16.4. The summed E-state index contributed by atoms with van der Waals surface area (Å²) in [4.78, 5) is 25.8. The first-order valence-electron chi connectivity index (χ1n) is 7.07. The van der Waals surface area contributed by atoms with Crippen molar-refractivity contribution in [3.8, 4) is 0 Å². The number of hydrogen-bond acceptors (Lipinski definition) is 6. The van der Waals surface area contributed by atoms with Gasteiger partial charge in [0.25, 0.3) is 0 Å². The molecule has 0 aromatic carbocycles. The van der Waals surface area contributed by atoms with Crippen molar-refractivity contribution in [2.24, 2.45) is 0 Å². The van der Waals surface area contributed by atoms with Crippen molar-refractivity contribution < 1.29 is 4.79 Å². The van der Waals surface area contributed by atoms with Crippen LogP contribution in [-0.4, -0.2) is 58.9 Å². The highest BCUT2D eigenvalue weighted by atomic mass is 32.1. The van der Waals surface area contributed by atoms with Crippen LogP contribution in [-0.2, 0) is 11.3 Å². The van der Waals surface area contributed by atoms with Gasteiger partial charge in [-0.05, 0) is 11.4 Å². The number of nitrogens with one attached hydrogen (secondary N) is 1. The van der Waals surface area contributed by atoms with Gasteiger partial charge in [0.1, 0.15) is 16.5 Å². The van der Waals surface area contributed by atoms with Gasteiger partial charge in [-0.2, -0.15) is 0 Å². The Hall–Kier alpha value is -1.73. The maximum absolute atomic E-state index is 11.3. The number of thiophene rings is 1. The first-order chi connectivity index (χ1) is 10.2. The van der Waals surface area contributed by atoms with Gasteiger partial charge < -0.3 is 10.2 Å². The van der Waals surface area contributed by atoms with E-state index in [1.807, 2.05) is 23.4 Å². The molecule has 3 rings (SSSR count). The van der Waals surface area contributed by atoms with Crippen LogP contribution in [0.15, 0.2) is 11.4 Å². The fourth-order valence-corrected chi connectivity index (χ4v) is 3.36. The number of carbonyl (C=O) groups is 1. The monoisotopic (exact) mass is 305 g/mol. The van der Waals surface area contributed by atoms with Gasteiger partial charge in [0.15, 0.2) is 0 Å². The van der Waals surface area contributed by atoms with E-state index in [1.54, 1.807) is 18.3 Å². The van der Waals surface area contributed by atoms with Crippen molar-refractivity contribution in [3.63, 3.8) is 0 Å². The van der Waals surface area contributed by atoms with E-state index in [2.05, 4.69) is 20.2 Å². The minimum Gasteiger partial charge on any atom is -0.372 e. The van der Waals surface area contributed by atoms with Gasteiger partial charge in [-0.15, -0.1) is 11.3 Å². The Morgan fingerprint density at radius 3 is 2.76 bits per heavy atom. The Morgan fingerprint density at radius 2 is 2.10 bits per heavy atom. The Kier molecular flexibility index (Phi) is 4.03. The number of rotatable bonds is 3. The molecule has 1 saturated heterocycles. The second-order valence-corrected chi connectivity index (χ2v) is 6.05. The van der Waals surface area contributed by atoms with Crippen molar-refractivity contribution in [2.45, 2.75) is 13.5 Å². The number of piperazine rings is 1. The molecule has 0 bridgehead atoms. The SMILES string of the molecule is CNc1nc(CN2CCN(C(C)=O)CC2)nc2sccc12. The largest absolute Gasteiger partial charge is 0.372 e. The molecule has 1 amide bonds. The van der Waals surface area contributed by atoms with E-state index < -0.39 is 0 Å². The smallest absolute Gasteiger partial charge is 0.219 e. The third-order valence-corrected chi connectivity index (χ3v) is 4.60. The molecule has 0 unspecified atom stereocenters.